The molecule has 0 bridgehead atoms. The molecule has 1 heterocycles. The fourth-order valence-corrected chi connectivity index (χ4v) is 2.31. The summed E-state index contributed by atoms with van der Waals surface area (Å²) in [6.07, 6.45) is 0. The third-order valence-electron chi connectivity index (χ3n) is 3.33. The lowest BCUT2D eigenvalue weighted by Gasteiger charge is -2.15. The lowest BCUT2D eigenvalue weighted by molar-refractivity contribution is -0.0505. The van der Waals surface area contributed by atoms with Crippen LogP contribution in [0.2, 0.25) is 0 Å². The van der Waals surface area contributed by atoms with Gasteiger partial charge in [-0.05, 0) is 32.9 Å². The van der Waals surface area contributed by atoms with E-state index in [2.05, 4.69) is 10.1 Å². The number of para-hydroxylation sites is 1. The van der Waals surface area contributed by atoms with Gasteiger partial charge in [0.05, 0.1) is 0 Å². The van der Waals surface area contributed by atoms with Crippen LogP contribution in [0.5, 0.6) is 5.75 Å². The van der Waals surface area contributed by atoms with Gasteiger partial charge < -0.3 is 14.5 Å². The summed E-state index contributed by atoms with van der Waals surface area (Å²) in [5, 5.41) is 3.30. The number of aryl methyl sites for hydroxylation is 2. The van der Waals surface area contributed by atoms with Crippen LogP contribution in [0.3, 0.4) is 0 Å². The molecule has 1 N–H and O–H groups in total. The first-order valence-corrected chi connectivity index (χ1v) is 6.80. The van der Waals surface area contributed by atoms with Gasteiger partial charge in [0.2, 0.25) is 0 Å². The normalized spacial score (nSPS) is 12.7. The van der Waals surface area contributed by atoms with Crippen molar-refractivity contribution in [2.24, 2.45) is 0 Å². The van der Waals surface area contributed by atoms with Crippen LogP contribution in [0.25, 0.3) is 0 Å². The Morgan fingerprint density at radius 1 is 1.24 bits per heavy atom. The zero-order valence-electron chi connectivity index (χ0n) is 12.3. The summed E-state index contributed by atoms with van der Waals surface area (Å²) < 4.78 is 34.7. The van der Waals surface area contributed by atoms with Gasteiger partial charge in [0, 0.05) is 23.7 Å². The van der Waals surface area contributed by atoms with Crippen molar-refractivity contribution in [3.05, 3.63) is 53.0 Å². The van der Waals surface area contributed by atoms with Gasteiger partial charge in [-0.2, -0.15) is 8.78 Å². The van der Waals surface area contributed by atoms with Crippen molar-refractivity contribution in [3.8, 4) is 5.75 Å². The van der Waals surface area contributed by atoms with E-state index in [-0.39, 0.29) is 11.8 Å². The van der Waals surface area contributed by atoms with E-state index in [1.165, 1.54) is 0 Å². The molecule has 0 saturated carbocycles. The number of furan rings is 1. The quantitative estimate of drug-likeness (QED) is 0.860. The summed E-state index contributed by atoms with van der Waals surface area (Å²) in [6, 6.07) is 8.82. The average molecular weight is 295 g/mol. The van der Waals surface area contributed by atoms with Gasteiger partial charge in [-0.3, -0.25) is 0 Å². The largest absolute Gasteiger partial charge is 0.466 e. The molecule has 0 radical (unpaired) electrons. The molecule has 114 valence electrons. The van der Waals surface area contributed by atoms with Crippen LogP contribution in [0.15, 0.2) is 34.7 Å². The Hall–Kier alpha value is -1.88. The second-order valence-corrected chi connectivity index (χ2v) is 4.96. The highest BCUT2D eigenvalue weighted by Crippen LogP contribution is 2.24. The van der Waals surface area contributed by atoms with Crippen LogP contribution >= 0.6 is 0 Å². The van der Waals surface area contributed by atoms with E-state index in [9.17, 15) is 8.78 Å². The molecule has 1 aromatic carbocycles. The maximum absolute atomic E-state index is 12.4. The molecule has 1 atom stereocenters. The number of alkyl halides is 2. The van der Waals surface area contributed by atoms with Gasteiger partial charge in [0.1, 0.15) is 17.3 Å². The van der Waals surface area contributed by atoms with Gasteiger partial charge in [0.15, 0.2) is 0 Å². The minimum absolute atomic E-state index is 0.0575. The summed E-state index contributed by atoms with van der Waals surface area (Å²) >= 11 is 0. The number of hydrogen-bond donors (Lipinski definition) is 1. The van der Waals surface area contributed by atoms with E-state index < -0.39 is 6.61 Å². The number of hydrogen-bond acceptors (Lipinski definition) is 3. The van der Waals surface area contributed by atoms with Gasteiger partial charge in [0.25, 0.3) is 0 Å². The van der Waals surface area contributed by atoms with Crippen LogP contribution in [0.1, 0.15) is 35.6 Å². The Morgan fingerprint density at radius 3 is 2.57 bits per heavy atom. The van der Waals surface area contributed by atoms with Crippen molar-refractivity contribution >= 4 is 0 Å². The number of ether oxygens (including phenoxy) is 1. The molecule has 2 aromatic rings. The minimum atomic E-state index is -2.82. The summed E-state index contributed by atoms with van der Waals surface area (Å²) in [5.74, 6) is 1.93. The number of halogens is 2. The lowest BCUT2D eigenvalue weighted by atomic mass is 10.1. The molecule has 0 aliphatic carbocycles. The fourth-order valence-electron chi connectivity index (χ4n) is 2.31. The molecule has 0 amide bonds. The Morgan fingerprint density at radius 2 is 1.95 bits per heavy atom. The minimum Gasteiger partial charge on any atom is -0.466 e. The monoisotopic (exact) mass is 295 g/mol. The molecular formula is C16H19F2NO2. The smallest absolute Gasteiger partial charge is 0.387 e. The number of benzene rings is 1. The Bertz CT molecular complexity index is 596. The van der Waals surface area contributed by atoms with E-state index in [1.54, 1.807) is 24.3 Å². The third kappa shape index (κ3) is 4.04. The maximum atomic E-state index is 12.4. The summed E-state index contributed by atoms with van der Waals surface area (Å²) in [7, 11) is 0. The molecular weight excluding hydrogens is 276 g/mol. The molecule has 0 fully saturated rings. The zero-order chi connectivity index (χ0) is 15.4. The summed E-state index contributed by atoms with van der Waals surface area (Å²) in [4.78, 5) is 0. The molecule has 1 unspecified atom stereocenters. The second-order valence-electron chi connectivity index (χ2n) is 4.96. The SMILES string of the molecule is Cc1cc(C(C)NCc2ccccc2OC(F)F)c(C)o1. The second kappa shape index (κ2) is 6.72. The molecule has 5 heteroatoms. The van der Waals surface area contributed by atoms with Crippen molar-refractivity contribution in [2.45, 2.75) is 40.0 Å². The van der Waals surface area contributed by atoms with Crippen LogP contribution < -0.4 is 10.1 Å². The van der Waals surface area contributed by atoms with Crippen LogP contribution in [-0.2, 0) is 6.54 Å². The van der Waals surface area contributed by atoms with Crippen molar-refractivity contribution in [1.82, 2.24) is 5.32 Å². The van der Waals surface area contributed by atoms with Crippen molar-refractivity contribution < 1.29 is 17.9 Å². The van der Waals surface area contributed by atoms with Gasteiger partial charge in [-0.25, -0.2) is 0 Å². The predicted molar refractivity (Wildman–Crippen MR) is 76.5 cm³/mol. The molecule has 2 rings (SSSR count). The van der Waals surface area contributed by atoms with Gasteiger partial charge in [-0.15, -0.1) is 0 Å². The van der Waals surface area contributed by atoms with E-state index >= 15 is 0 Å². The summed E-state index contributed by atoms with van der Waals surface area (Å²) in [6.45, 7) is 3.44. The van der Waals surface area contributed by atoms with Crippen molar-refractivity contribution in [1.29, 1.82) is 0 Å². The third-order valence-corrected chi connectivity index (χ3v) is 3.33. The van der Waals surface area contributed by atoms with Crippen molar-refractivity contribution in [2.75, 3.05) is 0 Å². The first kappa shape index (κ1) is 15.5. The Balaban J connectivity index is 2.04. The summed E-state index contributed by atoms with van der Waals surface area (Å²) in [5.41, 5.74) is 1.77. The maximum Gasteiger partial charge on any atom is 0.387 e. The first-order chi connectivity index (χ1) is 9.97. The number of nitrogens with one attached hydrogen (secondary N) is 1. The highest BCUT2D eigenvalue weighted by Gasteiger charge is 2.14. The highest BCUT2D eigenvalue weighted by molar-refractivity contribution is 5.33. The standard InChI is InChI=1S/C16H19F2NO2/c1-10-8-14(12(3)20-10)11(2)19-9-13-6-4-5-7-15(13)21-16(17)18/h4-8,11,16,19H,9H2,1-3H3. The Kier molecular flexibility index (Phi) is 4.96. The van der Waals surface area contributed by atoms with E-state index in [0.717, 1.165) is 17.1 Å². The average Bonchev–Trinajstić information content (AvgIpc) is 2.76. The lowest BCUT2D eigenvalue weighted by Crippen LogP contribution is -2.19. The fraction of sp³-hybridized carbons (Fsp3) is 0.375. The molecule has 0 saturated heterocycles. The molecule has 0 aliphatic rings. The van der Waals surface area contributed by atoms with Crippen molar-refractivity contribution in [3.63, 3.8) is 0 Å². The van der Waals surface area contributed by atoms with Gasteiger partial charge in [-0.1, -0.05) is 18.2 Å². The highest BCUT2D eigenvalue weighted by atomic mass is 19.3. The topological polar surface area (TPSA) is 34.4 Å². The number of rotatable bonds is 6. The Labute approximate surface area is 122 Å². The van der Waals surface area contributed by atoms with Crippen LogP contribution in [0.4, 0.5) is 8.78 Å². The molecule has 0 spiro atoms. The van der Waals surface area contributed by atoms with Crippen LogP contribution in [0, 0.1) is 13.8 Å². The van der Waals surface area contributed by atoms with E-state index in [0.29, 0.717) is 12.1 Å². The molecule has 21 heavy (non-hydrogen) atoms. The molecule has 1 aromatic heterocycles. The van der Waals surface area contributed by atoms with Crippen LogP contribution in [-0.4, -0.2) is 6.61 Å². The van der Waals surface area contributed by atoms with E-state index in [4.69, 9.17) is 4.42 Å². The molecule has 3 nitrogen and oxygen atoms in total. The molecule has 0 aliphatic heterocycles. The zero-order valence-corrected chi connectivity index (χ0v) is 12.3. The van der Waals surface area contributed by atoms with Gasteiger partial charge >= 0.3 is 6.61 Å². The predicted octanol–water partition coefficient (Wildman–Crippen LogP) is 4.35. The van der Waals surface area contributed by atoms with E-state index in [1.807, 2.05) is 26.8 Å². The first-order valence-electron chi connectivity index (χ1n) is 6.80.